The van der Waals surface area contributed by atoms with E-state index in [1.165, 1.54) is 12.7 Å². The van der Waals surface area contributed by atoms with Crippen molar-refractivity contribution in [3.63, 3.8) is 0 Å². The second kappa shape index (κ2) is 9.17. The zero-order chi connectivity index (χ0) is 10.6. The summed E-state index contributed by atoms with van der Waals surface area (Å²) in [6, 6.07) is 1.72. The number of hydrogen-bond acceptors (Lipinski definition) is 6. The Kier molecular flexibility index (Phi) is 7.13. The summed E-state index contributed by atoms with van der Waals surface area (Å²) in [4.78, 5) is 3.74. The maximum Gasteiger partial charge on any atom is 0.169 e. The van der Waals surface area contributed by atoms with Gasteiger partial charge in [0.25, 0.3) is 0 Å². The zero-order valence-electron chi connectivity index (χ0n) is 8.46. The highest BCUT2D eigenvalue weighted by Crippen LogP contribution is 1.78. The van der Waals surface area contributed by atoms with Crippen LogP contribution < -0.4 is 5.32 Å². The van der Waals surface area contributed by atoms with Crippen molar-refractivity contribution < 1.29 is 14.0 Å². The molecule has 0 aliphatic carbocycles. The van der Waals surface area contributed by atoms with Crippen molar-refractivity contribution in [3.8, 4) is 0 Å². The van der Waals surface area contributed by atoms with Gasteiger partial charge in [-0.1, -0.05) is 5.16 Å². The minimum atomic E-state index is 0.750. The monoisotopic (exact) mass is 213 g/mol. The molecule has 0 amide bonds. The highest BCUT2D eigenvalue weighted by molar-refractivity contribution is 5.47. The van der Waals surface area contributed by atoms with Gasteiger partial charge in [-0.05, 0) is 6.07 Å². The number of ether oxygens (including phenoxy) is 2. The summed E-state index contributed by atoms with van der Waals surface area (Å²) in [7, 11) is 0. The second-order valence-electron chi connectivity index (χ2n) is 2.62. The Morgan fingerprint density at radius 3 is 2.47 bits per heavy atom. The lowest BCUT2D eigenvalue weighted by atomic mass is 10.7. The molecule has 15 heavy (non-hydrogen) atoms. The summed E-state index contributed by atoms with van der Waals surface area (Å²) in [5.74, 6) is 0. The van der Waals surface area contributed by atoms with Gasteiger partial charge in [0, 0.05) is 6.54 Å². The van der Waals surface area contributed by atoms with Crippen molar-refractivity contribution in [3.05, 3.63) is 18.5 Å². The number of hydrogen-bond donors (Lipinski definition) is 1. The van der Waals surface area contributed by atoms with Crippen LogP contribution in [0.25, 0.3) is 0 Å². The molecule has 1 N–H and O–H groups in total. The molecule has 0 atom stereocenters. The fraction of sp³-hybridized carbons (Fsp3) is 0.556. The number of nitrogens with zero attached hydrogens (tertiary/aromatic N) is 2. The van der Waals surface area contributed by atoms with Crippen molar-refractivity contribution in [2.24, 2.45) is 4.99 Å². The van der Waals surface area contributed by atoms with Gasteiger partial charge in [0.2, 0.25) is 0 Å². The molecule has 0 unspecified atom stereocenters. The lowest BCUT2D eigenvalue weighted by Gasteiger charge is -1.76. The predicted molar refractivity (Wildman–Crippen MR) is 54.6 cm³/mol. The first-order chi connectivity index (χ1) is 7.50. The van der Waals surface area contributed by atoms with Crippen LogP contribution in [-0.2, 0) is 9.47 Å². The van der Waals surface area contributed by atoms with E-state index in [2.05, 4.69) is 24.7 Å². The fourth-order valence-corrected chi connectivity index (χ4v) is 0.800. The van der Waals surface area contributed by atoms with Gasteiger partial charge in [-0.2, -0.15) is 0 Å². The summed E-state index contributed by atoms with van der Waals surface area (Å²) >= 11 is 0. The van der Waals surface area contributed by atoms with E-state index < -0.39 is 0 Å². The van der Waals surface area contributed by atoms with Gasteiger partial charge < -0.3 is 14.0 Å². The molecule has 2 aliphatic heterocycles. The molecule has 1 aromatic heterocycles. The Bertz CT molecular complexity index is 204. The highest BCUT2D eigenvalue weighted by atomic mass is 16.5. The first-order valence-electron chi connectivity index (χ1n) is 4.73. The van der Waals surface area contributed by atoms with Crippen molar-refractivity contribution in [1.29, 1.82) is 0 Å². The molecule has 84 valence electrons. The van der Waals surface area contributed by atoms with Gasteiger partial charge >= 0.3 is 0 Å². The Morgan fingerprint density at radius 1 is 1.27 bits per heavy atom. The van der Waals surface area contributed by atoms with Crippen LogP contribution >= 0.6 is 0 Å². The average molecular weight is 213 g/mol. The molecular formula is C9H15N3O3. The van der Waals surface area contributed by atoms with E-state index in [1.54, 1.807) is 12.3 Å². The minimum absolute atomic E-state index is 0.750. The number of aromatic nitrogens is 1. The third-order valence-corrected chi connectivity index (χ3v) is 1.46. The van der Waals surface area contributed by atoms with Crippen molar-refractivity contribution >= 4 is 6.40 Å². The molecule has 0 aromatic carbocycles. The minimum Gasteiger partial charge on any atom is -0.482 e. The second-order valence-corrected chi connectivity index (χ2v) is 2.62. The van der Waals surface area contributed by atoms with Crippen molar-refractivity contribution in [2.45, 2.75) is 0 Å². The molecular weight excluding hydrogens is 198 g/mol. The molecule has 1 aromatic rings. The summed E-state index contributed by atoms with van der Waals surface area (Å²) in [6.45, 7) is 4.29. The van der Waals surface area contributed by atoms with Gasteiger partial charge in [-0.15, -0.1) is 0 Å². The largest absolute Gasteiger partial charge is 0.482 e. The van der Waals surface area contributed by atoms with Crippen molar-refractivity contribution in [2.75, 3.05) is 33.0 Å². The molecule has 1 fully saturated rings. The van der Waals surface area contributed by atoms with E-state index >= 15 is 0 Å². The summed E-state index contributed by atoms with van der Waals surface area (Å²) in [5, 5.41) is 6.35. The van der Waals surface area contributed by atoms with Gasteiger partial charge in [0.05, 0.1) is 26.1 Å². The maximum atomic E-state index is 4.83. The molecule has 1 saturated heterocycles. The van der Waals surface area contributed by atoms with E-state index in [-0.39, 0.29) is 0 Å². The van der Waals surface area contributed by atoms with Crippen LogP contribution in [0.1, 0.15) is 0 Å². The van der Waals surface area contributed by atoms with Gasteiger partial charge in [-0.3, -0.25) is 10.3 Å². The molecule has 3 rings (SSSR count). The van der Waals surface area contributed by atoms with E-state index in [0.29, 0.717) is 0 Å². The van der Waals surface area contributed by atoms with Crippen molar-refractivity contribution in [1.82, 2.24) is 10.5 Å². The third-order valence-electron chi connectivity index (χ3n) is 1.46. The lowest BCUT2D eigenvalue weighted by molar-refractivity contribution is 0.194. The lowest BCUT2D eigenvalue weighted by Crippen LogP contribution is -2.05. The fourth-order valence-electron chi connectivity index (χ4n) is 0.800. The summed E-state index contributed by atoms with van der Waals surface area (Å²) in [6.07, 6.45) is 4.58. The van der Waals surface area contributed by atoms with E-state index in [1.807, 2.05) is 0 Å². The average Bonchev–Trinajstić information content (AvgIpc) is 3.09. The van der Waals surface area contributed by atoms with E-state index in [4.69, 9.17) is 4.74 Å². The van der Waals surface area contributed by atoms with Crippen LogP contribution in [0.5, 0.6) is 0 Å². The van der Waals surface area contributed by atoms with Gasteiger partial charge in [0.1, 0.15) is 12.9 Å². The zero-order valence-corrected chi connectivity index (χ0v) is 8.46. The molecule has 0 saturated carbocycles. The number of aliphatic imine (C=N–C) groups is 1. The quantitative estimate of drug-likeness (QED) is 0.670. The van der Waals surface area contributed by atoms with Crippen LogP contribution in [0.2, 0.25) is 0 Å². The first kappa shape index (κ1) is 11.7. The Hall–Kier alpha value is -1.40. The SMILES string of the molecule is C1=NCCO1.C1COCN1.c1cnoc1. The van der Waals surface area contributed by atoms with Gasteiger partial charge in [-0.25, -0.2) is 0 Å². The van der Waals surface area contributed by atoms with E-state index in [9.17, 15) is 0 Å². The molecule has 6 nitrogen and oxygen atoms in total. The Labute approximate surface area is 88.3 Å². The summed E-state index contributed by atoms with van der Waals surface area (Å²) < 4.78 is 13.8. The van der Waals surface area contributed by atoms with Crippen LogP contribution in [0, 0.1) is 0 Å². The van der Waals surface area contributed by atoms with Crippen LogP contribution in [0.4, 0.5) is 0 Å². The first-order valence-corrected chi connectivity index (χ1v) is 4.73. The summed E-state index contributed by atoms with van der Waals surface area (Å²) in [5.41, 5.74) is 0. The maximum absolute atomic E-state index is 4.83. The van der Waals surface area contributed by atoms with Gasteiger partial charge in [0.15, 0.2) is 6.40 Å². The molecule has 3 heterocycles. The van der Waals surface area contributed by atoms with Crippen LogP contribution in [0.15, 0.2) is 28.0 Å². The molecule has 0 radical (unpaired) electrons. The number of rotatable bonds is 0. The highest BCUT2D eigenvalue weighted by Gasteiger charge is 1.92. The molecule has 0 bridgehead atoms. The molecule has 0 spiro atoms. The smallest absolute Gasteiger partial charge is 0.169 e. The third kappa shape index (κ3) is 7.65. The van der Waals surface area contributed by atoms with Crippen LogP contribution in [-0.4, -0.2) is 44.6 Å². The topological polar surface area (TPSA) is 68.9 Å². The standard InChI is InChI=1S/C3H7NO.C3H5NO.C3H3NO/c2*1-2-5-3-4-1;1-2-4-5-3-1/h4H,1-3H2;3H,1-2H2;1-3H. The molecule has 2 aliphatic rings. The Morgan fingerprint density at radius 2 is 2.27 bits per heavy atom. The Balaban J connectivity index is 0.000000112. The van der Waals surface area contributed by atoms with Crippen LogP contribution in [0.3, 0.4) is 0 Å². The van der Waals surface area contributed by atoms with E-state index in [0.717, 1.165) is 33.0 Å². The number of nitrogens with one attached hydrogen (secondary N) is 1. The predicted octanol–water partition coefficient (Wildman–Crippen LogP) is 0.283. The normalized spacial score (nSPS) is 17.1. The molecule has 6 heteroatoms.